The summed E-state index contributed by atoms with van der Waals surface area (Å²) in [6.07, 6.45) is 0. The van der Waals surface area contributed by atoms with Crippen LogP contribution >= 0.6 is 17.0 Å². The second-order valence-electron chi connectivity index (χ2n) is 10.0. The van der Waals surface area contributed by atoms with Crippen LogP contribution in [0.1, 0.15) is 11.4 Å². The van der Waals surface area contributed by atoms with Gasteiger partial charge in [0.1, 0.15) is 0 Å². The van der Waals surface area contributed by atoms with Gasteiger partial charge in [-0.15, -0.1) is 57.9 Å². The number of fused-ring (bicyclic) bond motifs is 4. The van der Waals surface area contributed by atoms with Crippen molar-refractivity contribution >= 4 is 60.4 Å². The molecule has 0 amide bonds. The van der Waals surface area contributed by atoms with E-state index in [9.17, 15) is 0 Å². The first-order valence-electron chi connectivity index (χ1n) is 13.5. The Hall–Kier alpha value is -3.36. The Balaban J connectivity index is 0.000000135. The fraction of sp³-hybridized carbons (Fsp3) is 0.0556. The van der Waals surface area contributed by atoms with Gasteiger partial charge in [-0.05, 0) is 38.1 Å². The fourth-order valence-electron chi connectivity index (χ4n) is 5.91. The standard InChI is InChI=1S/2C18H14N.2ClH.Zr/c2*1-13-12-15-6-2-3-10-17(15)19(13)18-11-5-8-14-7-4-9-16(14)18;;;/h2*2-12H,1H3;2*1H;/q2*-1;;;+4/p-2. The van der Waals surface area contributed by atoms with Crippen molar-refractivity contribution in [3.63, 3.8) is 0 Å². The molecule has 0 saturated heterocycles. The number of rotatable bonds is 2. The van der Waals surface area contributed by atoms with Gasteiger partial charge in [-0.1, -0.05) is 48.5 Å². The van der Waals surface area contributed by atoms with E-state index in [2.05, 4.69) is 156 Å². The zero-order valence-corrected chi connectivity index (χ0v) is 26.8. The third kappa shape index (κ3) is 5.35. The first kappa shape index (κ1) is 27.8. The first-order valence-corrected chi connectivity index (χ1v) is 19.8. The molecule has 2 nitrogen and oxygen atoms in total. The number of halogens is 2. The van der Waals surface area contributed by atoms with Crippen LogP contribution in [0.15, 0.2) is 133 Å². The molecule has 8 aromatic rings. The monoisotopic (exact) mass is 648 g/mol. The molecule has 2 heterocycles. The minimum atomic E-state index is -0.826. The Labute approximate surface area is 258 Å². The number of benzene rings is 4. The van der Waals surface area contributed by atoms with Crippen LogP contribution in [0.25, 0.3) is 54.7 Å². The summed E-state index contributed by atoms with van der Waals surface area (Å²) in [4.78, 5) is 0. The van der Waals surface area contributed by atoms with Gasteiger partial charge in [0.25, 0.3) is 0 Å². The summed E-state index contributed by atoms with van der Waals surface area (Å²) in [5.74, 6) is 0. The Bertz CT molecular complexity index is 1940. The number of hydrogen-bond donors (Lipinski definition) is 0. The molecule has 41 heavy (non-hydrogen) atoms. The molecule has 0 saturated carbocycles. The normalized spacial score (nSPS) is 10.8. The second kappa shape index (κ2) is 12.3. The summed E-state index contributed by atoms with van der Waals surface area (Å²) in [7, 11) is 9.87. The molecule has 6 aromatic carbocycles. The Kier molecular flexibility index (Phi) is 8.31. The van der Waals surface area contributed by atoms with E-state index >= 15 is 0 Å². The van der Waals surface area contributed by atoms with Crippen LogP contribution in [0, 0.1) is 13.8 Å². The summed E-state index contributed by atoms with van der Waals surface area (Å²) < 4.78 is 4.69. The van der Waals surface area contributed by atoms with Crippen LogP contribution in [0.3, 0.4) is 0 Å². The summed E-state index contributed by atoms with van der Waals surface area (Å²) in [6.45, 7) is 4.34. The summed E-state index contributed by atoms with van der Waals surface area (Å²) in [5, 5.41) is 7.82. The van der Waals surface area contributed by atoms with Gasteiger partial charge < -0.3 is 9.13 Å². The van der Waals surface area contributed by atoms with Gasteiger partial charge in [-0.25, -0.2) is 0 Å². The van der Waals surface area contributed by atoms with E-state index in [4.69, 9.17) is 17.0 Å². The Morgan fingerprint density at radius 2 is 0.951 bits per heavy atom. The average molecular weight is 651 g/mol. The zero-order chi connectivity index (χ0) is 28.3. The molecule has 8 rings (SSSR count). The van der Waals surface area contributed by atoms with Gasteiger partial charge in [0.15, 0.2) is 0 Å². The summed E-state index contributed by atoms with van der Waals surface area (Å²) in [5.41, 5.74) is 7.62. The van der Waals surface area contributed by atoms with Gasteiger partial charge in [-0.2, -0.15) is 24.3 Å². The first-order chi connectivity index (χ1) is 20.1. The quantitative estimate of drug-likeness (QED) is 0.165. The van der Waals surface area contributed by atoms with Gasteiger partial charge in [0, 0.05) is 33.5 Å². The van der Waals surface area contributed by atoms with Crippen molar-refractivity contribution in [3.8, 4) is 11.4 Å². The van der Waals surface area contributed by atoms with Crippen LogP contribution in [0.2, 0.25) is 0 Å². The van der Waals surface area contributed by atoms with E-state index in [0.29, 0.717) is 0 Å². The van der Waals surface area contributed by atoms with E-state index in [-0.39, 0.29) is 0 Å². The van der Waals surface area contributed by atoms with Gasteiger partial charge in [0.05, 0.1) is 11.0 Å². The number of para-hydroxylation sites is 2. The third-order valence-corrected chi connectivity index (χ3v) is 7.58. The second-order valence-corrected chi connectivity index (χ2v) is 13.8. The van der Waals surface area contributed by atoms with Crippen molar-refractivity contribution in [2.75, 3.05) is 0 Å². The average Bonchev–Trinajstić information content (AvgIpc) is 3.77. The van der Waals surface area contributed by atoms with E-state index in [0.717, 1.165) is 0 Å². The molecule has 200 valence electrons. The summed E-state index contributed by atoms with van der Waals surface area (Å²) >= 11 is -0.826. The van der Waals surface area contributed by atoms with E-state index in [1.165, 1.54) is 66.1 Å². The number of nitrogens with zero attached hydrogens (tertiary/aromatic N) is 2. The molecule has 0 atom stereocenters. The van der Waals surface area contributed by atoms with E-state index in [1.54, 1.807) is 0 Å². The number of hydrogen-bond acceptors (Lipinski definition) is 0. The van der Waals surface area contributed by atoms with Gasteiger partial charge in [0.2, 0.25) is 0 Å². The molecule has 0 fully saturated rings. The van der Waals surface area contributed by atoms with Crippen molar-refractivity contribution in [2.45, 2.75) is 13.8 Å². The van der Waals surface area contributed by atoms with Crippen LogP contribution in [0.5, 0.6) is 0 Å². The Morgan fingerprint density at radius 3 is 1.39 bits per heavy atom. The van der Waals surface area contributed by atoms with Crippen molar-refractivity contribution in [1.82, 2.24) is 9.13 Å². The van der Waals surface area contributed by atoms with Crippen LogP contribution in [-0.2, 0) is 20.8 Å². The molecule has 0 unspecified atom stereocenters. The third-order valence-electron chi connectivity index (χ3n) is 7.58. The SMILES string of the molecule is Cc1cc2ccccc2n1-c1cccc2[cH-]ccc12.Cc1cc2ccccc2n1-c1cccc2[cH-]ccc12.[Cl][Zr+2][Cl]. The van der Waals surface area contributed by atoms with Crippen molar-refractivity contribution in [1.29, 1.82) is 0 Å². The predicted molar refractivity (Wildman–Crippen MR) is 174 cm³/mol. The molecule has 5 heteroatoms. The van der Waals surface area contributed by atoms with Crippen molar-refractivity contribution in [2.24, 2.45) is 0 Å². The number of aryl methyl sites for hydroxylation is 2. The van der Waals surface area contributed by atoms with E-state index in [1.807, 2.05) is 0 Å². The van der Waals surface area contributed by atoms with Crippen molar-refractivity contribution < 1.29 is 20.8 Å². The molecular weight excluding hydrogens is 623 g/mol. The minimum absolute atomic E-state index is 0.826. The van der Waals surface area contributed by atoms with E-state index < -0.39 is 20.8 Å². The summed E-state index contributed by atoms with van der Waals surface area (Å²) in [6, 6.07) is 47.5. The van der Waals surface area contributed by atoms with Crippen LogP contribution in [-0.4, -0.2) is 9.13 Å². The topological polar surface area (TPSA) is 9.86 Å². The van der Waals surface area contributed by atoms with Crippen molar-refractivity contribution in [3.05, 3.63) is 145 Å². The maximum absolute atomic E-state index is 4.93. The molecule has 0 aliphatic carbocycles. The fourth-order valence-corrected chi connectivity index (χ4v) is 5.91. The molecule has 0 radical (unpaired) electrons. The van der Waals surface area contributed by atoms with Crippen LogP contribution < -0.4 is 0 Å². The molecule has 0 aliphatic rings. The Morgan fingerprint density at radius 1 is 0.537 bits per heavy atom. The van der Waals surface area contributed by atoms with Gasteiger partial charge in [-0.3, -0.25) is 0 Å². The maximum atomic E-state index is 4.93. The molecular formula is C36H28Cl2N2Zr. The zero-order valence-electron chi connectivity index (χ0n) is 22.9. The molecule has 0 spiro atoms. The van der Waals surface area contributed by atoms with Crippen LogP contribution in [0.4, 0.5) is 0 Å². The molecule has 0 aliphatic heterocycles. The predicted octanol–water partition coefficient (Wildman–Crippen LogP) is 11.0. The molecule has 0 N–H and O–H groups in total. The molecule has 0 bridgehead atoms. The number of aromatic nitrogens is 2. The molecule has 2 aromatic heterocycles. The van der Waals surface area contributed by atoms with Gasteiger partial charge >= 0.3 is 37.9 Å².